The zero-order valence-electron chi connectivity index (χ0n) is 12.0. The lowest BCUT2D eigenvalue weighted by molar-refractivity contribution is -0.155. The summed E-state index contributed by atoms with van der Waals surface area (Å²) in [5, 5.41) is 2.71. The van der Waals surface area contributed by atoms with Gasteiger partial charge < -0.3 is 14.4 Å². The second-order valence-electron chi connectivity index (χ2n) is 4.96. The molecule has 1 N–H and O–H groups in total. The van der Waals surface area contributed by atoms with Crippen LogP contribution in [0.1, 0.15) is 12.5 Å². The smallest absolute Gasteiger partial charge is 0.305 e. The zero-order valence-corrected chi connectivity index (χ0v) is 12.0. The molecule has 2 heterocycles. The lowest BCUT2D eigenvalue weighted by Gasteiger charge is -2.23. The Kier molecular flexibility index (Phi) is 3.54. The minimum absolute atomic E-state index is 0.0652. The first-order valence-electron chi connectivity index (χ1n) is 6.78. The summed E-state index contributed by atoms with van der Waals surface area (Å²) >= 11 is 0. The molecule has 1 saturated heterocycles. The van der Waals surface area contributed by atoms with Crippen LogP contribution >= 0.6 is 0 Å². The largest absolute Gasteiger partial charge is 0.451 e. The first-order chi connectivity index (χ1) is 10.5. The third kappa shape index (κ3) is 2.78. The van der Waals surface area contributed by atoms with Crippen molar-refractivity contribution in [1.29, 1.82) is 0 Å². The average Bonchev–Trinajstić information content (AvgIpc) is 2.82. The third-order valence-corrected chi connectivity index (χ3v) is 3.25. The molecule has 0 aliphatic carbocycles. The van der Waals surface area contributed by atoms with E-state index >= 15 is 0 Å². The highest BCUT2D eigenvalue weighted by atomic mass is 16.7. The van der Waals surface area contributed by atoms with E-state index in [9.17, 15) is 9.59 Å². The van der Waals surface area contributed by atoms with Gasteiger partial charge in [0.1, 0.15) is 12.3 Å². The fraction of sp³-hybridized carbons (Fsp3) is 0.267. The van der Waals surface area contributed by atoms with Crippen molar-refractivity contribution in [3.8, 4) is 5.75 Å². The summed E-state index contributed by atoms with van der Waals surface area (Å²) in [4.78, 5) is 28.6. The lowest BCUT2D eigenvalue weighted by Crippen LogP contribution is -2.32. The van der Waals surface area contributed by atoms with Gasteiger partial charge in [-0.15, -0.1) is 0 Å². The molecule has 2 aliphatic rings. The summed E-state index contributed by atoms with van der Waals surface area (Å²) in [5.41, 5.74) is 1.71. The molecule has 0 saturated carbocycles. The molecule has 1 atom stereocenters. The standard InChI is InChI=1S/C15H15N3O4/c1-3-14(21-9(2)19)22-11-4-5-12-10(6-11)7-18-8-13(20)17-15(18)16-12/h3-6,14H,1,7-8H2,2H3,(H,16,17,20). The van der Waals surface area contributed by atoms with Gasteiger partial charge >= 0.3 is 5.97 Å². The van der Waals surface area contributed by atoms with E-state index in [-0.39, 0.29) is 5.91 Å². The summed E-state index contributed by atoms with van der Waals surface area (Å²) in [6.45, 7) is 5.74. The van der Waals surface area contributed by atoms with Gasteiger partial charge in [0, 0.05) is 19.0 Å². The van der Waals surface area contributed by atoms with Crippen LogP contribution in [-0.2, 0) is 20.9 Å². The van der Waals surface area contributed by atoms with Crippen LogP contribution in [0.2, 0.25) is 0 Å². The molecule has 114 valence electrons. The molecule has 0 bridgehead atoms. The van der Waals surface area contributed by atoms with Crippen LogP contribution in [0.4, 0.5) is 5.69 Å². The van der Waals surface area contributed by atoms with Gasteiger partial charge in [-0.1, -0.05) is 6.58 Å². The SMILES string of the molecule is C=CC(OC(C)=O)Oc1ccc2c(c1)CN1CC(=O)NC1=N2. The van der Waals surface area contributed by atoms with Crippen molar-refractivity contribution < 1.29 is 19.1 Å². The van der Waals surface area contributed by atoms with Crippen molar-refractivity contribution in [2.45, 2.75) is 19.8 Å². The highest BCUT2D eigenvalue weighted by Gasteiger charge is 2.29. The second kappa shape index (κ2) is 5.51. The lowest BCUT2D eigenvalue weighted by atomic mass is 10.1. The number of rotatable bonds is 4. The molecule has 1 fully saturated rings. The van der Waals surface area contributed by atoms with Crippen LogP contribution in [0.5, 0.6) is 5.75 Å². The van der Waals surface area contributed by atoms with Crippen molar-refractivity contribution in [2.24, 2.45) is 4.99 Å². The van der Waals surface area contributed by atoms with Crippen molar-refractivity contribution in [3.05, 3.63) is 36.4 Å². The van der Waals surface area contributed by atoms with Crippen LogP contribution in [0, 0.1) is 0 Å². The number of aliphatic imine (C=N–C) groups is 1. The van der Waals surface area contributed by atoms with Gasteiger partial charge in [0.2, 0.25) is 11.9 Å². The molecule has 1 unspecified atom stereocenters. The Hall–Kier alpha value is -2.83. The van der Waals surface area contributed by atoms with Gasteiger partial charge in [0.15, 0.2) is 0 Å². The molecule has 22 heavy (non-hydrogen) atoms. The number of fused-ring (bicyclic) bond motifs is 2. The summed E-state index contributed by atoms with van der Waals surface area (Å²) in [6, 6.07) is 5.35. The Morgan fingerprint density at radius 2 is 2.32 bits per heavy atom. The van der Waals surface area contributed by atoms with Gasteiger partial charge in [-0.3, -0.25) is 14.9 Å². The minimum Gasteiger partial charge on any atom is -0.451 e. The fourth-order valence-electron chi connectivity index (χ4n) is 2.33. The van der Waals surface area contributed by atoms with E-state index < -0.39 is 12.3 Å². The van der Waals surface area contributed by atoms with Crippen molar-refractivity contribution in [1.82, 2.24) is 10.2 Å². The summed E-state index contributed by atoms with van der Waals surface area (Å²) < 4.78 is 10.5. The first kappa shape index (κ1) is 14.1. The van der Waals surface area contributed by atoms with Crippen LogP contribution in [0.3, 0.4) is 0 Å². The molecule has 0 aromatic heterocycles. The molecule has 7 heteroatoms. The van der Waals surface area contributed by atoms with E-state index in [0.29, 0.717) is 24.8 Å². The highest BCUT2D eigenvalue weighted by Crippen LogP contribution is 2.30. The zero-order chi connectivity index (χ0) is 15.7. The molecule has 2 aliphatic heterocycles. The summed E-state index contributed by atoms with van der Waals surface area (Å²) in [5.74, 6) is 0.612. The monoisotopic (exact) mass is 301 g/mol. The minimum atomic E-state index is -0.840. The van der Waals surface area contributed by atoms with E-state index in [0.717, 1.165) is 11.3 Å². The molecule has 1 aromatic rings. The summed E-state index contributed by atoms with van der Waals surface area (Å²) in [7, 11) is 0. The van der Waals surface area contributed by atoms with Crippen molar-refractivity contribution in [3.63, 3.8) is 0 Å². The Morgan fingerprint density at radius 3 is 3.05 bits per heavy atom. The van der Waals surface area contributed by atoms with E-state index in [1.807, 2.05) is 11.0 Å². The number of hydrogen-bond donors (Lipinski definition) is 1. The van der Waals surface area contributed by atoms with E-state index in [2.05, 4.69) is 16.9 Å². The number of carbonyl (C=O) groups is 2. The van der Waals surface area contributed by atoms with E-state index in [4.69, 9.17) is 9.47 Å². The molecule has 0 spiro atoms. The van der Waals surface area contributed by atoms with E-state index in [1.54, 1.807) is 12.1 Å². The molecule has 0 radical (unpaired) electrons. The molecule has 1 amide bonds. The Balaban J connectivity index is 1.79. The number of benzene rings is 1. The maximum Gasteiger partial charge on any atom is 0.305 e. The Morgan fingerprint density at radius 1 is 1.50 bits per heavy atom. The predicted octanol–water partition coefficient (Wildman–Crippen LogP) is 1.07. The molecule has 1 aromatic carbocycles. The normalized spacial score (nSPS) is 16.9. The number of guanidine groups is 1. The molecule has 3 rings (SSSR count). The number of nitrogens with zero attached hydrogens (tertiary/aromatic N) is 2. The molecule has 7 nitrogen and oxygen atoms in total. The van der Waals surface area contributed by atoms with Crippen LogP contribution in [-0.4, -0.2) is 35.6 Å². The molecular formula is C15H15N3O4. The van der Waals surface area contributed by atoms with Crippen molar-refractivity contribution >= 4 is 23.5 Å². The maximum atomic E-state index is 11.4. The average molecular weight is 301 g/mol. The Bertz CT molecular complexity index is 683. The second-order valence-corrected chi connectivity index (χ2v) is 4.96. The van der Waals surface area contributed by atoms with Crippen LogP contribution in [0.25, 0.3) is 0 Å². The maximum absolute atomic E-state index is 11.4. The quantitative estimate of drug-likeness (QED) is 0.511. The first-order valence-corrected chi connectivity index (χ1v) is 6.78. The number of amides is 1. The van der Waals surface area contributed by atoms with E-state index in [1.165, 1.54) is 13.0 Å². The number of nitrogens with one attached hydrogen (secondary N) is 1. The van der Waals surface area contributed by atoms with Crippen LogP contribution < -0.4 is 10.1 Å². The van der Waals surface area contributed by atoms with Gasteiger partial charge in [0.05, 0.1) is 5.69 Å². The number of carbonyl (C=O) groups excluding carboxylic acids is 2. The topological polar surface area (TPSA) is 80.2 Å². The van der Waals surface area contributed by atoms with Gasteiger partial charge in [0.25, 0.3) is 6.29 Å². The third-order valence-electron chi connectivity index (χ3n) is 3.25. The van der Waals surface area contributed by atoms with Gasteiger partial charge in [-0.2, -0.15) is 0 Å². The summed E-state index contributed by atoms with van der Waals surface area (Å²) in [6.07, 6.45) is 0.563. The Labute approximate surface area is 127 Å². The van der Waals surface area contributed by atoms with Gasteiger partial charge in [-0.05, 0) is 24.3 Å². The fourth-order valence-corrected chi connectivity index (χ4v) is 2.33. The number of esters is 1. The number of ether oxygens (including phenoxy) is 2. The number of hydrogen-bond acceptors (Lipinski definition) is 6. The van der Waals surface area contributed by atoms with Crippen molar-refractivity contribution in [2.75, 3.05) is 6.54 Å². The van der Waals surface area contributed by atoms with Crippen LogP contribution in [0.15, 0.2) is 35.8 Å². The highest BCUT2D eigenvalue weighted by molar-refractivity contribution is 6.05. The van der Waals surface area contributed by atoms with Gasteiger partial charge in [-0.25, -0.2) is 4.99 Å². The predicted molar refractivity (Wildman–Crippen MR) is 78.5 cm³/mol. The molecular weight excluding hydrogens is 286 g/mol.